The fourth-order valence-electron chi connectivity index (χ4n) is 3.50. The van der Waals surface area contributed by atoms with E-state index < -0.39 is 0 Å². The first-order valence-corrected chi connectivity index (χ1v) is 9.94. The van der Waals surface area contributed by atoms with E-state index in [0.717, 1.165) is 41.4 Å². The maximum atomic E-state index is 6.26. The maximum absolute atomic E-state index is 6.26. The summed E-state index contributed by atoms with van der Waals surface area (Å²) < 4.78 is 11.6. The number of ether oxygens (including phenoxy) is 2. The Bertz CT molecular complexity index is 793. The minimum absolute atomic E-state index is 0.00421. The van der Waals surface area contributed by atoms with Gasteiger partial charge in [0.05, 0.1) is 18.9 Å². The van der Waals surface area contributed by atoms with E-state index >= 15 is 0 Å². The standard InChI is InChI=1S/C20H22N2O2S/c1-23-15-7-5-6-14(12-15)17-13-18-16-8-3-4-9-19(16)24-20(10-11-25-2)22(18)21-17/h3-9,12,18,20H,10-11,13H2,1-2H3/t18-,20+/m1/s1. The highest BCUT2D eigenvalue weighted by Gasteiger charge is 2.39. The van der Waals surface area contributed by atoms with E-state index in [4.69, 9.17) is 14.6 Å². The molecular formula is C20H22N2O2S. The average molecular weight is 354 g/mol. The van der Waals surface area contributed by atoms with Crippen LogP contribution in [0.2, 0.25) is 0 Å². The van der Waals surface area contributed by atoms with Gasteiger partial charge in [-0.1, -0.05) is 30.3 Å². The Kier molecular flexibility index (Phi) is 4.57. The summed E-state index contributed by atoms with van der Waals surface area (Å²) in [4.78, 5) is 0. The van der Waals surface area contributed by atoms with Crippen LogP contribution in [0.25, 0.3) is 0 Å². The molecule has 0 aromatic heterocycles. The van der Waals surface area contributed by atoms with Gasteiger partial charge in [0.25, 0.3) is 0 Å². The van der Waals surface area contributed by atoms with Crippen LogP contribution in [0.4, 0.5) is 0 Å². The molecule has 0 unspecified atom stereocenters. The second kappa shape index (κ2) is 7.00. The van der Waals surface area contributed by atoms with Crippen LogP contribution in [0.1, 0.15) is 30.0 Å². The molecule has 0 aliphatic carbocycles. The molecule has 0 N–H and O–H groups in total. The van der Waals surface area contributed by atoms with Gasteiger partial charge in [-0.05, 0) is 30.2 Å². The smallest absolute Gasteiger partial charge is 0.188 e. The largest absolute Gasteiger partial charge is 0.497 e. The summed E-state index contributed by atoms with van der Waals surface area (Å²) >= 11 is 1.84. The molecule has 2 aromatic rings. The Morgan fingerprint density at radius 1 is 1.24 bits per heavy atom. The highest BCUT2D eigenvalue weighted by Crippen LogP contribution is 2.43. The van der Waals surface area contributed by atoms with Gasteiger partial charge < -0.3 is 9.47 Å². The SMILES string of the molecule is COc1cccc(C2=NN3[C@H](CCSC)Oc4ccccc4[C@H]3C2)c1. The van der Waals surface area contributed by atoms with Gasteiger partial charge in [0.15, 0.2) is 6.23 Å². The minimum Gasteiger partial charge on any atom is -0.497 e. The van der Waals surface area contributed by atoms with Crippen molar-refractivity contribution in [2.75, 3.05) is 19.1 Å². The van der Waals surface area contributed by atoms with E-state index in [0.29, 0.717) is 0 Å². The topological polar surface area (TPSA) is 34.1 Å². The molecule has 2 aliphatic rings. The van der Waals surface area contributed by atoms with E-state index in [1.807, 2.05) is 30.0 Å². The monoisotopic (exact) mass is 354 g/mol. The molecule has 5 heteroatoms. The van der Waals surface area contributed by atoms with Crippen molar-refractivity contribution in [2.24, 2.45) is 5.10 Å². The number of thioether (sulfide) groups is 1. The first-order valence-electron chi connectivity index (χ1n) is 8.55. The van der Waals surface area contributed by atoms with Crippen molar-refractivity contribution in [1.29, 1.82) is 0 Å². The fraction of sp³-hybridized carbons (Fsp3) is 0.350. The van der Waals surface area contributed by atoms with Crippen molar-refractivity contribution < 1.29 is 9.47 Å². The Morgan fingerprint density at radius 2 is 2.12 bits per heavy atom. The molecule has 130 valence electrons. The summed E-state index contributed by atoms with van der Waals surface area (Å²) in [6.07, 6.45) is 3.98. The lowest BCUT2D eigenvalue weighted by molar-refractivity contribution is -0.0180. The van der Waals surface area contributed by atoms with Crippen molar-refractivity contribution >= 4 is 17.5 Å². The molecule has 4 nitrogen and oxygen atoms in total. The zero-order valence-electron chi connectivity index (χ0n) is 14.5. The zero-order chi connectivity index (χ0) is 17.2. The Hall–Kier alpha value is -2.14. The van der Waals surface area contributed by atoms with Crippen LogP contribution in [0.15, 0.2) is 53.6 Å². The lowest BCUT2D eigenvalue weighted by atomic mass is 9.96. The van der Waals surface area contributed by atoms with Crippen LogP contribution >= 0.6 is 11.8 Å². The third-order valence-electron chi connectivity index (χ3n) is 4.75. The third-order valence-corrected chi connectivity index (χ3v) is 5.39. The molecule has 2 heterocycles. The Labute approximate surface area is 152 Å². The number of fused-ring (bicyclic) bond motifs is 3. The molecule has 2 aromatic carbocycles. The molecule has 0 saturated carbocycles. The average Bonchev–Trinajstić information content (AvgIpc) is 3.12. The number of hydrogen-bond donors (Lipinski definition) is 0. The van der Waals surface area contributed by atoms with Crippen LogP contribution in [0, 0.1) is 0 Å². The third kappa shape index (κ3) is 3.09. The van der Waals surface area contributed by atoms with Crippen LogP contribution in [0.5, 0.6) is 11.5 Å². The van der Waals surface area contributed by atoms with E-state index in [2.05, 4.69) is 41.6 Å². The maximum Gasteiger partial charge on any atom is 0.188 e. The zero-order valence-corrected chi connectivity index (χ0v) is 15.3. The van der Waals surface area contributed by atoms with Crippen LogP contribution in [-0.4, -0.2) is 36.1 Å². The first-order chi connectivity index (χ1) is 12.3. The number of rotatable bonds is 5. The van der Waals surface area contributed by atoms with Gasteiger partial charge in [0, 0.05) is 24.0 Å². The van der Waals surface area contributed by atoms with Crippen LogP contribution in [0.3, 0.4) is 0 Å². The molecule has 2 aliphatic heterocycles. The van der Waals surface area contributed by atoms with Crippen molar-refractivity contribution in [3.8, 4) is 11.5 Å². The van der Waals surface area contributed by atoms with Gasteiger partial charge in [-0.15, -0.1) is 0 Å². The number of hydrazone groups is 1. The predicted molar refractivity (Wildman–Crippen MR) is 103 cm³/mol. The van der Waals surface area contributed by atoms with Gasteiger partial charge in [0.2, 0.25) is 0 Å². The highest BCUT2D eigenvalue weighted by atomic mass is 32.2. The van der Waals surface area contributed by atoms with E-state index in [-0.39, 0.29) is 12.3 Å². The summed E-state index contributed by atoms with van der Waals surface area (Å²) in [5, 5.41) is 7.11. The lowest BCUT2D eigenvalue weighted by Gasteiger charge is -2.38. The second-order valence-corrected chi connectivity index (χ2v) is 7.26. The predicted octanol–water partition coefficient (Wildman–Crippen LogP) is 4.32. The molecule has 0 spiro atoms. The van der Waals surface area contributed by atoms with Crippen LogP contribution < -0.4 is 9.47 Å². The van der Waals surface area contributed by atoms with Crippen LogP contribution in [-0.2, 0) is 0 Å². The lowest BCUT2D eigenvalue weighted by Crippen LogP contribution is -2.40. The van der Waals surface area contributed by atoms with Crippen molar-refractivity contribution in [3.05, 3.63) is 59.7 Å². The quantitative estimate of drug-likeness (QED) is 0.801. The summed E-state index contributed by atoms with van der Waals surface area (Å²) in [5.74, 6) is 2.91. The van der Waals surface area contributed by atoms with Crippen molar-refractivity contribution in [3.63, 3.8) is 0 Å². The molecular weight excluding hydrogens is 332 g/mol. The summed E-state index contributed by atoms with van der Waals surface area (Å²) in [6, 6.07) is 16.7. The van der Waals surface area contributed by atoms with Gasteiger partial charge in [-0.25, -0.2) is 0 Å². The first kappa shape index (κ1) is 16.3. The van der Waals surface area contributed by atoms with Gasteiger partial charge in [-0.3, -0.25) is 5.01 Å². The van der Waals surface area contributed by atoms with Gasteiger partial charge in [0.1, 0.15) is 11.5 Å². The van der Waals surface area contributed by atoms with Crippen molar-refractivity contribution in [2.45, 2.75) is 25.1 Å². The number of nitrogens with zero attached hydrogens (tertiary/aromatic N) is 2. The van der Waals surface area contributed by atoms with E-state index in [1.54, 1.807) is 7.11 Å². The van der Waals surface area contributed by atoms with E-state index in [1.165, 1.54) is 5.56 Å². The summed E-state index contributed by atoms with van der Waals surface area (Å²) in [5.41, 5.74) is 3.44. The Balaban J connectivity index is 1.68. The minimum atomic E-state index is -0.00421. The highest BCUT2D eigenvalue weighted by molar-refractivity contribution is 7.98. The van der Waals surface area contributed by atoms with E-state index in [9.17, 15) is 0 Å². The number of hydrogen-bond acceptors (Lipinski definition) is 5. The number of methoxy groups -OCH3 is 1. The Morgan fingerprint density at radius 3 is 2.96 bits per heavy atom. The molecule has 0 bridgehead atoms. The second-order valence-electron chi connectivity index (χ2n) is 6.27. The van der Waals surface area contributed by atoms with Gasteiger partial charge in [-0.2, -0.15) is 16.9 Å². The molecule has 0 fully saturated rings. The molecule has 0 radical (unpaired) electrons. The fourth-order valence-corrected chi connectivity index (χ4v) is 3.93. The molecule has 2 atom stereocenters. The van der Waals surface area contributed by atoms with Gasteiger partial charge >= 0.3 is 0 Å². The summed E-state index contributed by atoms with van der Waals surface area (Å²) in [6.45, 7) is 0. The molecule has 25 heavy (non-hydrogen) atoms. The molecule has 4 rings (SSSR count). The summed E-state index contributed by atoms with van der Waals surface area (Å²) in [7, 11) is 1.70. The number of para-hydroxylation sites is 1. The normalized spacial score (nSPS) is 21.2. The number of benzene rings is 2. The van der Waals surface area contributed by atoms with Crippen molar-refractivity contribution in [1.82, 2.24) is 5.01 Å². The molecule has 0 saturated heterocycles. The molecule has 0 amide bonds.